The van der Waals surface area contributed by atoms with E-state index in [2.05, 4.69) is 188 Å². The molecule has 0 saturated carbocycles. The predicted molar refractivity (Wildman–Crippen MR) is 242 cm³/mol. The first-order valence-electron chi connectivity index (χ1n) is 20.5. The summed E-state index contributed by atoms with van der Waals surface area (Å²) >= 11 is 0. The summed E-state index contributed by atoms with van der Waals surface area (Å²) in [4.78, 5) is 5.28. The summed E-state index contributed by atoms with van der Waals surface area (Å²) in [7, 11) is 0. The van der Waals surface area contributed by atoms with Gasteiger partial charge in [0.2, 0.25) is 0 Å². The van der Waals surface area contributed by atoms with Gasteiger partial charge in [0.1, 0.15) is 11.2 Å². The van der Waals surface area contributed by atoms with E-state index in [9.17, 15) is 0 Å². The maximum absolute atomic E-state index is 6.57. The standard InChI is InChI=1S/C55H40N2O/c1-55(2)46-21-11-9-19-40(46)42-32-44-43-29-35(24-26-50(43)57(51(44)33-47(42)55)38-16-7-4-8-17-38)36-25-27-52-45(30-36)54-41(20-13-23-53(54)58-52)49-31-37(28-34-14-5-3-6-15-34)39-18-10-12-22-48(39)56-49/h3-5,7-14,16-27,29-33H,6,15,28H2,1-2H3. The monoisotopic (exact) mass is 744 g/mol. The third kappa shape index (κ3) is 4.96. The van der Waals surface area contributed by atoms with E-state index in [-0.39, 0.29) is 5.41 Å². The van der Waals surface area contributed by atoms with E-state index in [1.54, 1.807) is 0 Å². The van der Waals surface area contributed by atoms with Gasteiger partial charge in [0.25, 0.3) is 0 Å². The minimum atomic E-state index is -0.0840. The molecule has 7 aromatic carbocycles. The number of aromatic nitrogens is 2. The number of nitrogens with zero attached hydrogens (tertiary/aromatic N) is 2. The van der Waals surface area contributed by atoms with Gasteiger partial charge in [-0.3, -0.25) is 0 Å². The lowest BCUT2D eigenvalue weighted by molar-refractivity contribution is 0.661. The van der Waals surface area contributed by atoms with E-state index in [4.69, 9.17) is 9.40 Å². The topological polar surface area (TPSA) is 31.0 Å². The molecule has 2 aliphatic carbocycles. The highest BCUT2D eigenvalue weighted by molar-refractivity contribution is 6.15. The zero-order valence-corrected chi connectivity index (χ0v) is 32.6. The summed E-state index contributed by atoms with van der Waals surface area (Å²) in [6.45, 7) is 4.72. The third-order valence-electron chi connectivity index (χ3n) is 12.9. The van der Waals surface area contributed by atoms with E-state index in [1.165, 1.54) is 71.8 Å². The summed E-state index contributed by atoms with van der Waals surface area (Å²) in [5.74, 6) is 0. The maximum Gasteiger partial charge on any atom is 0.136 e. The van der Waals surface area contributed by atoms with E-state index >= 15 is 0 Å². The molecular formula is C55H40N2O. The number of hydrogen-bond acceptors (Lipinski definition) is 2. The van der Waals surface area contributed by atoms with Gasteiger partial charge in [0.05, 0.1) is 22.2 Å². The fourth-order valence-corrected chi connectivity index (χ4v) is 10.0. The molecule has 3 heteroatoms. The van der Waals surface area contributed by atoms with Crippen LogP contribution in [0.2, 0.25) is 0 Å². The number of allylic oxidation sites excluding steroid dienone is 4. The van der Waals surface area contributed by atoms with Gasteiger partial charge in [-0.2, -0.15) is 0 Å². The quantitative estimate of drug-likeness (QED) is 0.176. The van der Waals surface area contributed by atoms with Gasteiger partial charge >= 0.3 is 0 Å². The zero-order valence-electron chi connectivity index (χ0n) is 32.6. The normalized spacial score (nSPS) is 14.5. The van der Waals surface area contributed by atoms with Crippen LogP contribution < -0.4 is 0 Å². The molecule has 2 aliphatic rings. The molecule has 12 rings (SSSR count). The van der Waals surface area contributed by atoms with Gasteiger partial charge in [0.15, 0.2) is 0 Å². The van der Waals surface area contributed by atoms with Crippen molar-refractivity contribution in [1.82, 2.24) is 9.55 Å². The lowest BCUT2D eigenvalue weighted by Gasteiger charge is -2.21. The number of hydrogen-bond donors (Lipinski definition) is 0. The Morgan fingerprint density at radius 1 is 0.603 bits per heavy atom. The molecule has 0 aliphatic heterocycles. The largest absolute Gasteiger partial charge is 0.456 e. The second-order valence-corrected chi connectivity index (χ2v) is 16.6. The fraction of sp³-hybridized carbons (Fsp3) is 0.109. The minimum absolute atomic E-state index is 0.0840. The molecule has 0 amide bonds. The Labute approximate surface area is 337 Å². The van der Waals surface area contributed by atoms with Crippen molar-refractivity contribution in [1.29, 1.82) is 0 Å². The van der Waals surface area contributed by atoms with Crippen molar-refractivity contribution in [3.8, 4) is 39.2 Å². The van der Waals surface area contributed by atoms with Crippen LogP contribution in [0.4, 0.5) is 0 Å². The highest BCUT2D eigenvalue weighted by Crippen LogP contribution is 2.51. The lowest BCUT2D eigenvalue weighted by atomic mass is 9.82. The molecule has 0 saturated heterocycles. The number of rotatable bonds is 5. The molecule has 58 heavy (non-hydrogen) atoms. The molecular weight excluding hydrogens is 705 g/mol. The number of furan rings is 1. The van der Waals surface area contributed by atoms with Crippen molar-refractivity contribution in [3.63, 3.8) is 0 Å². The summed E-state index contributed by atoms with van der Waals surface area (Å²) in [6.07, 6.45) is 9.85. The number of fused-ring (bicyclic) bond motifs is 10. The average Bonchev–Trinajstić information content (AvgIpc) is 3.88. The van der Waals surface area contributed by atoms with Crippen LogP contribution >= 0.6 is 0 Å². The lowest BCUT2D eigenvalue weighted by Crippen LogP contribution is -2.14. The molecule has 3 aromatic heterocycles. The summed E-state index contributed by atoms with van der Waals surface area (Å²) in [5, 5.41) is 5.93. The van der Waals surface area contributed by atoms with Gasteiger partial charge in [0, 0.05) is 43.6 Å². The van der Waals surface area contributed by atoms with E-state index in [0.29, 0.717) is 0 Å². The van der Waals surface area contributed by atoms with Gasteiger partial charge in [-0.25, -0.2) is 4.98 Å². The van der Waals surface area contributed by atoms with Crippen LogP contribution in [0.5, 0.6) is 0 Å². The molecule has 10 aromatic rings. The fourth-order valence-electron chi connectivity index (χ4n) is 10.0. The first kappa shape index (κ1) is 33.2. The summed E-state index contributed by atoms with van der Waals surface area (Å²) in [6, 6.07) is 55.5. The molecule has 0 fully saturated rings. The number of para-hydroxylation sites is 2. The predicted octanol–water partition coefficient (Wildman–Crippen LogP) is 14.7. The van der Waals surface area contributed by atoms with Gasteiger partial charge in [-0.05, 0) is 125 Å². The van der Waals surface area contributed by atoms with Crippen molar-refractivity contribution in [2.75, 3.05) is 0 Å². The molecule has 0 atom stereocenters. The van der Waals surface area contributed by atoms with Gasteiger partial charge < -0.3 is 8.98 Å². The Morgan fingerprint density at radius 3 is 2.26 bits per heavy atom. The van der Waals surface area contributed by atoms with Crippen LogP contribution in [-0.4, -0.2) is 9.55 Å². The molecule has 0 spiro atoms. The number of pyridine rings is 1. The van der Waals surface area contributed by atoms with Crippen molar-refractivity contribution >= 4 is 54.6 Å². The molecule has 0 unspecified atom stereocenters. The molecule has 3 heterocycles. The van der Waals surface area contributed by atoms with Crippen LogP contribution in [0.3, 0.4) is 0 Å². The van der Waals surface area contributed by atoms with Crippen LogP contribution in [0, 0.1) is 0 Å². The Morgan fingerprint density at radius 2 is 1.38 bits per heavy atom. The maximum atomic E-state index is 6.57. The Balaban J connectivity index is 1.04. The van der Waals surface area contributed by atoms with E-state index in [1.807, 2.05) is 0 Å². The Kier molecular flexibility index (Phi) is 7.16. The zero-order chi connectivity index (χ0) is 38.5. The van der Waals surface area contributed by atoms with Crippen molar-refractivity contribution < 1.29 is 4.42 Å². The SMILES string of the molecule is CC1(C)c2ccccc2-c2cc3c4cc(-c5ccc6oc7cccc(-c8cc(CC9=CC=CCC9)c9ccccc9n8)c7c6c5)ccc4n(-c4ccccc4)c3cc21. The van der Waals surface area contributed by atoms with Crippen LogP contribution in [0.1, 0.15) is 43.4 Å². The van der Waals surface area contributed by atoms with Crippen molar-refractivity contribution in [3.05, 3.63) is 192 Å². The van der Waals surface area contributed by atoms with Crippen LogP contribution in [0.15, 0.2) is 180 Å². The van der Waals surface area contributed by atoms with E-state index in [0.717, 1.165) is 63.5 Å². The average molecular weight is 745 g/mol. The Hall–Kier alpha value is -6.97. The van der Waals surface area contributed by atoms with Crippen LogP contribution in [0.25, 0.3) is 93.8 Å². The van der Waals surface area contributed by atoms with Crippen molar-refractivity contribution in [2.24, 2.45) is 0 Å². The number of benzene rings is 7. The highest BCUT2D eigenvalue weighted by Gasteiger charge is 2.36. The Bertz CT molecular complexity index is 3390. The first-order valence-corrected chi connectivity index (χ1v) is 20.5. The third-order valence-corrected chi connectivity index (χ3v) is 12.9. The molecule has 0 N–H and O–H groups in total. The van der Waals surface area contributed by atoms with Gasteiger partial charge in [-0.1, -0.05) is 123 Å². The minimum Gasteiger partial charge on any atom is -0.456 e. The first-order chi connectivity index (χ1) is 28.5. The second-order valence-electron chi connectivity index (χ2n) is 16.6. The summed E-state index contributed by atoms with van der Waals surface area (Å²) in [5.41, 5.74) is 18.9. The molecule has 3 nitrogen and oxygen atoms in total. The highest BCUT2D eigenvalue weighted by atomic mass is 16.3. The molecule has 0 radical (unpaired) electrons. The van der Waals surface area contributed by atoms with Crippen molar-refractivity contribution in [2.45, 2.75) is 38.5 Å². The van der Waals surface area contributed by atoms with Crippen LogP contribution in [-0.2, 0) is 11.8 Å². The van der Waals surface area contributed by atoms with Gasteiger partial charge in [-0.15, -0.1) is 0 Å². The molecule has 276 valence electrons. The smallest absolute Gasteiger partial charge is 0.136 e. The second kappa shape index (κ2) is 12.5. The van der Waals surface area contributed by atoms with E-state index < -0.39 is 0 Å². The molecule has 0 bridgehead atoms. The summed E-state index contributed by atoms with van der Waals surface area (Å²) < 4.78 is 9.01.